The number of carbonyl (C=O) groups is 1. The Morgan fingerprint density at radius 2 is 1.79 bits per heavy atom. The molecule has 3 heterocycles. The lowest BCUT2D eigenvalue weighted by atomic mass is 10.1. The lowest BCUT2D eigenvalue weighted by molar-refractivity contribution is -0.129. The molecule has 1 aliphatic heterocycles. The van der Waals surface area contributed by atoms with Crippen LogP contribution < -0.4 is 10.3 Å². The molecule has 0 spiro atoms. The Morgan fingerprint density at radius 3 is 2.55 bits per heavy atom. The number of likely N-dealkylation sites (tertiary alicyclic amines) is 1. The van der Waals surface area contributed by atoms with Crippen LogP contribution in [0.4, 0.5) is 0 Å². The van der Waals surface area contributed by atoms with Gasteiger partial charge >= 0.3 is 0 Å². The van der Waals surface area contributed by atoms with Gasteiger partial charge in [0.2, 0.25) is 5.91 Å². The monoisotopic (exact) mass is 483 g/mol. The number of thioether (sulfide) groups is 1. The van der Waals surface area contributed by atoms with Gasteiger partial charge in [0.25, 0.3) is 5.56 Å². The first kappa shape index (κ1) is 22.5. The number of hydrogen-bond donors (Lipinski definition) is 0. The first-order valence-corrected chi connectivity index (χ1v) is 13.6. The highest BCUT2D eigenvalue weighted by molar-refractivity contribution is 7.99. The number of piperidine rings is 1. The predicted molar refractivity (Wildman–Crippen MR) is 134 cm³/mol. The Balaban J connectivity index is 1.57. The largest absolute Gasteiger partial charge is 0.497 e. The van der Waals surface area contributed by atoms with Crippen molar-refractivity contribution in [3.63, 3.8) is 0 Å². The molecule has 3 aromatic rings. The van der Waals surface area contributed by atoms with Crippen LogP contribution in [-0.2, 0) is 17.6 Å². The first-order chi connectivity index (χ1) is 16.2. The summed E-state index contributed by atoms with van der Waals surface area (Å²) in [5.41, 5.74) is 1.90. The molecule has 1 aliphatic carbocycles. The summed E-state index contributed by atoms with van der Waals surface area (Å²) >= 11 is 3.03. The van der Waals surface area contributed by atoms with Gasteiger partial charge < -0.3 is 9.64 Å². The van der Waals surface area contributed by atoms with E-state index in [9.17, 15) is 9.59 Å². The molecule has 0 bridgehead atoms. The molecular weight excluding hydrogens is 454 g/mol. The summed E-state index contributed by atoms with van der Waals surface area (Å²) in [7, 11) is 1.63. The van der Waals surface area contributed by atoms with E-state index in [0.29, 0.717) is 10.9 Å². The molecule has 1 aromatic carbocycles. The fraction of sp³-hybridized carbons (Fsp3) is 0.480. The standard InChI is InChI=1S/C25H29N3O3S2/c1-31-18-12-10-17(11-13-18)28-24(30)22-19-8-4-2-5-9-20(19)33-23(22)26-25(28)32-16-21(29)27-14-6-3-7-15-27/h10-13H,2-9,14-16H2,1H3. The minimum absolute atomic E-state index is 0.0301. The van der Waals surface area contributed by atoms with Crippen molar-refractivity contribution in [3.05, 3.63) is 45.1 Å². The van der Waals surface area contributed by atoms with Crippen LogP contribution in [0.2, 0.25) is 0 Å². The Bertz CT molecular complexity index is 1210. The van der Waals surface area contributed by atoms with Gasteiger partial charge in [-0.1, -0.05) is 18.2 Å². The third-order valence-corrected chi connectivity index (χ3v) is 8.68. The fourth-order valence-electron chi connectivity index (χ4n) is 4.78. The Morgan fingerprint density at radius 1 is 1.06 bits per heavy atom. The van der Waals surface area contributed by atoms with Gasteiger partial charge in [-0.3, -0.25) is 14.2 Å². The number of aryl methyl sites for hydroxylation is 2. The third-order valence-electron chi connectivity index (χ3n) is 6.57. The van der Waals surface area contributed by atoms with E-state index in [0.717, 1.165) is 66.8 Å². The minimum Gasteiger partial charge on any atom is -0.497 e. The summed E-state index contributed by atoms with van der Waals surface area (Å²) in [6, 6.07) is 7.48. The molecule has 1 fully saturated rings. The molecule has 1 saturated heterocycles. The normalized spacial score (nSPS) is 16.5. The van der Waals surface area contributed by atoms with Gasteiger partial charge in [0.15, 0.2) is 5.16 Å². The topological polar surface area (TPSA) is 64.4 Å². The second-order valence-corrected chi connectivity index (χ2v) is 10.7. The first-order valence-electron chi connectivity index (χ1n) is 11.8. The zero-order valence-corrected chi connectivity index (χ0v) is 20.6. The van der Waals surface area contributed by atoms with Gasteiger partial charge in [0, 0.05) is 18.0 Å². The molecule has 0 saturated carbocycles. The number of hydrogen-bond acceptors (Lipinski definition) is 6. The van der Waals surface area contributed by atoms with E-state index in [1.807, 2.05) is 29.2 Å². The molecule has 8 heteroatoms. The molecule has 6 nitrogen and oxygen atoms in total. The van der Waals surface area contributed by atoms with E-state index >= 15 is 0 Å². The summed E-state index contributed by atoms with van der Waals surface area (Å²) in [6.45, 7) is 1.66. The highest BCUT2D eigenvalue weighted by atomic mass is 32.2. The summed E-state index contributed by atoms with van der Waals surface area (Å²) in [5.74, 6) is 1.15. The maximum atomic E-state index is 13.9. The number of aromatic nitrogens is 2. The van der Waals surface area contributed by atoms with Crippen LogP contribution in [0.3, 0.4) is 0 Å². The van der Waals surface area contributed by atoms with E-state index in [1.165, 1.54) is 41.5 Å². The summed E-state index contributed by atoms with van der Waals surface area (Å²) in [5, 5.41) is 1.35. The SMILES string of the molecule is COc1ccc(-n2c(SCC(=O)N3CCCCC3)nc3sc4c(c3c2=O)CCCCC4)cc1. The zero-order valence-electron chi connectivity index (χ0n) is 19.0. The molecule has 174 valence electrons. The van der Waals surface area contributed by atoms with E-state index in [4.69, 9.17) is 9.72 Å². The van der Waals surface area contributed by atoms with Crippen LogP contribution in [-0.4, -0.2) is 46.3 Å². The molecule has 2 aromatic heterocycles. The molecule has 0 atom stereocenters. The molecule has 1 amide bonds. The Kier molecular flexibility index (Phi) is 6.74. The highest BCUT2D eigenvalue weighted by Crippen LogP contribution is 2.35. The minimum atomic E-state index is -0.0301. The van der Waals surface area contributed by atoms with Crippen molar-refractivity contribution in [2.75, 3.05) is 26.0 Å². The van der Waals surface area contributed by atoms with Crippen LogP contribution in [0, 0.1) is 0 Å². The van der Waals surface area contributed by atoms with Crippen molar-refractivity contribution >= 4 is 39.2 Å². The quantitative estimate of drug-likeness (QED) is 0.295. The Hall–Kier alpha value is -2.32. The van der Waals surface area contributed by atoms with E-state index in [2.05, 4.69) is 0 Å². The number of amides is 1. The average Bonchev–Trinajstić information content (AvgIpc) is 3.04. The molecule has 5 rings (SSSR count). The van der Waals surface area contributed by atoms with E-state index in [-0.39, 0.29) is 11.5 Å². The maximum Gasteiger partial charge on any atom is 0.267 e. The molecule has 0 unspecified atom stereocenters. The van der Waals surface area contributed by atoms with E-state index < -0.39 is 0 Å². The van der Waals surface area contributed by atoms with Gasteiger partial charge in [-0.15, -0.1) is 11.3 Å². The number of thiophene rings is 1. The summed E-state index contributed by atoms with van der Waals surface area (Å²) in [4.78, 5) is 35.7. The number of rotatable bonds is 5. The number of methoxy groups -OCH3 is 1. The highest BCUT2D eigenvalue weighted by Gasteiger charge is 2.24. The average molecular weight is 484 g/mol. The van der Waals surface area contributed by atoms with Crippen molar-refractivity contribution < 1.29 is 9.53 Å². The molecular formula is C25H29N3O3S2. The number of nitrogens with zero attached hydrogens (tertiary/aromatic N) is 3. The summed E-state index contributed by atoms with van der Waals surface area (Å²) in [6.07, 6.45) is 8.77. The lowest BCUT2D eigenvalue weighted by Crippen LogP contribution is -2.36. The number of ether oxygens (including phenoxy) is 1. The van der Waals surface area contributed by atoms with Crippen molar-refractivity contribution in [3.8, 4) is 11.4 Å². The van der Waals surface area contributed by atoms with Gasteiger partial charge in [0.1, 0.15) is 10.6 Å². The van der Waals surface area contributed by atoms with E-state index in [1.54, 1.807) is 23.0 Å². The Labute approximate surface area is 202 Å². The van der Waals surface area contributed by atoms with Gasteiger partial charge in [-0.25, -0.2) is 4.98 Å². The second-order valence-electron chi connectivity index (χ2n) is 8.71. The maximum absolute atomic E-state index is 13.9. The second kappa shape index (κ2) is 9.89. The van der Waals surface area contributed by atoms with Crippen LogP contribution in [0.1, 0.15) is 49.0 Å². The molecule has 0 radical (unpaired) electrons. The molecule has 2 aliphatic rings. The third kappa shape index (κ3) is 4.55. The van der Waals surface area contributed by atoms with Crippen molar-refractivity contribution in [1.29, 1.82) is 0 Å². The lowest BCUT2D eigenvalue weighted by Gasteiger charge is -2.26. The van der Waals surface area contributed by atoms with Crippen molar-refractivity contribution in [1.82, 2.24) is 14.5 Å². The fourth-order valence-corrected chi connectivity index (χ4v) is 7.00. The number of carbonyl (C=O) groups excluding carboxylic acids is 1. The van der Waals surface area contributed by atoms with Crippen molar-refractivity contribution in [2.24, 2.45) is 0 Å². The van der Waals surface area contributed by atoms with Gasteiger partial charge in [-0.05, 0) is 74.8 Å². The van der Waals surface area contributed by atoms with Crippen LogP contribution >= 0.6 is 23.1 Å². The molecule has 33 heavy (non-hydrogen) atoms. The van der Waals surface area contributed by atoms with Gasteiger partial charge in [-0.2, -0.15) is 0 Å². The summed E-state index contributed by atoms with van der Waals surface area (Å²) < 4.78 is 6.99. The smallest absolute Gasteiger partial charge is 0.267 e. The number of fused-ring (bicyclic) bond motifs is 3. The van der Waals surface area contributed by atoms with Crippen LogP contribution in [0.15, 0.2) is 34.2 Å². The van der Waals surface area contributed by atoms with Gasteiger partial charge in [0.05, 0.1) is 23.9 Å². The molecule has 0 N–H and O–H groups in total. The van der Waals surface area contributed by atoms with Crippen LogP contribution in [0.25, 0.3) is 15.9 Å². The van der Waals surface area contributed by atoms with Crippen LogP contribution in [0.5, 0.6) is 5.75 Å². The van der Waals surface area contributed by atoms with Crippen molar-refractivity contribution in [2.45, 2.75) is 56.5 Å². The zero-order chi connectivity index (χ0) is 22.8. The number of benzene rings is 1. The predicted octanol–water partition coefficient (Wildman–Crippen LogP) is 4.83.